The molecule has 1 unspecified atom stereocenters. The van der Waals surface area contributed by atoms with Crippen molar-refractivity contribution in [3.63, 3.8) is 0 Å². The number of hydrogen-bond acceptors (Lipinski definition) is 3. The second-order valence-corrected chi connectivity index (χ2v) is 6.59. The second kappa shape index (κ2) is 7.12. The van der Waals surface area contributed by atoms with Crippen LogP contribution < -0.4 is 5.32 Å². The summed E-state index contributed by atoms with van der Waals surface area (Å²) in [4.78, 5) is 2.61. The molecule has 0 radical (unpaired) electrons. The molecule has 120 valence electrons. The van der Waals surface area contributed by atoms with Crippen molar-refractivity contribution >= 4 is 12.4 Å². The van der Waals surface area contributed by atoms with Crippen LogP contribution in [0, 0.1) is 19.8 Å². The van der Waals surface area contributed by atoms with E-state index in [1.807, 2.05) is 11.7 Å². The fourth-order valence-corrected chi connectivity index (χ4v) is 3.90. The molecule has 0 aromatic carbocycles. The number of aryl methyl sites for hydroxylation is 2. The Kier molecular flexibility index (Phi) is 5.69. The summed E-state index contributed by atoms with van der Waals surface area (Å²) in [5.41, 5.74) is 3.96. The predicted octanol–water partition coefficient (Wildman–Crippen LogP) is 2.42. The van der Waals surface area contributed by atoms with Gasteiger partial charge in [-0.3, -0.25) is 9.58 Å². The first-order valence-electron chi connectivity index (χ1n) is 8.10. The number of likely N-dealkylation sites (tertiary alicyclic amines) is 1. The van der Waals surface area contributed by atoms with E-state index < -0.39 is 0 Å². The van der Waals surface area contributed by atoms with Crippen LogP contribution >= 0.6 is 12.4 Å². The second-order valence-electron chi connectivity index (χ2n) is 6.59. The average Bonchev–Trinajstić information content (AvgIpc) is 3.05. The predicted molar refractivity (Wildman–Crippen MR) is 89.0 cm³/mol. The van der Waals surface area contributed by atoms with Crippen LogP contribution in [-0.4, -0.2) is 40.4 Å². The van der Waals surface area contributed by atoms with Crippen molar-refractivity contribution in [2.24, 2.45) is 13.0 Å². The van der Waals surface area contributed by atoms with Gasteiger partial charge < -0.3 is 5.32 Å². The number of nitrogens with one attached hydrogen (secondary N) is 1. The Balaban J connectivity index is 0.00000161. The first kappa shape index (κ1) is 16.8. The number of aromatic nitrogens is 2. The maximum absolute atomic E-state index is 4.53. The van der Waals surface area contributed by atoms with E-state index in [-0.39, 0.29) is 12.4 Å². The molecule has 3 heterocycles. The van der Waals surface area contributed by atoms with Crippen molar-refractivity contribution in [3.05, 3.63) is 17.0 Å². The van der Waals surface area contributed by atoms with Crippen molar-refractivity contribution in [3.8, 4) is 0 Å². The van der Waals surface area contributed by atoms with E-state index in [9.17, 15) is 0 Å². The van der Waals surface area contributed by atoms with Gasteiger partial charge in [0.2, 0.25) is 0 Å². The van der Waals surface area contributed by atoms with Gasteiger partial charge in [0, 0.05) is 30.9 Å². The summed E-state index contributed by atoms with van der Waals surface area (Å²) in [6.45, 7) is 9.13. The number of halogens is 1. The molecular weight excluding hydrogens is 284 g/mol. The molecular formula is C16H29ClN4. The van der Waals surface area contributed by atoms with Crippen LogP contribution in [0.2, 0.25) is 0 Å². The first-order chi connectivity index (χ1) is 9.65. The standard InChI is InChI=1S/C16H28N4.ClH/c1-12-15(13(2)19(3)18-12)11-20-9-6-14(7-10-20)16-5-4-8-17-16;/h14,16-17H,4-11H2,1-3H3;1H. The Morgan fingerprint density at radius 2 is 1.90 bits per heavy atom. The molecule has 4 nitrogen and oxygen atoms in total. The van der Waals surface area contributed by atoms with Crippen molar-refractivity contribution < 1.29 is 0 Å². The molecule has 5 heteroatoms. The molecule has 0 bridgehead atoms. The Morgan fingerprint density at radius 3 is 2.43 bits per heavy atom. The molecule has 1 aromatic heterocycles. The number of rotatable bonds is 3. The number of hydrogen-bond donors (Lipinski definition) is 1. The van der Waals surface area contributed by atoms with Gasteiger partial charge in [-0.2, -0.15) is 5.10 Å². The average molecular weight is 313 g/mol. The highest BCUT2D eigenvalue weighted by Gasteiger charge is 2.28. The minimum Gasteiger partial charge on any atom is -0.314 e. The summed E-state index contributed by atoms with van der Waals surface area (Å²) >= 11 is 0. The van der Waals surface area contributed by atoms with Crippen LogP contribution in [0.1, 0.15) is 42.6 Å². The molecule has 0 aliphatic carbocycles. The maximum atomic E-state index is 4.53. The lowest BCUT2D eigenvalue weighted by Crippen LogP contribution is -2.40. The van der Waals surface area contributed by atoms with Crippen molar-refractivity contribution in [2.45, 2.75) is 52.1 Å². The molecule has 2 aliphatic heterocycles. The zero-order valence-electron chi connectivity index (χ0n) is 13.6. The Labute approximate surface area is 134 Å². The molecule has 0 saturated carbocycles. The first-order valence-corrected chi connectivity index (χ1v) is 8.10. The van der Waals surface area contributed by atoms with E-state index in [2.05, 4.69) is 29.2 Å². The van der Waals surface area contributed by atoms with Gasteiger partial charge in [-0.25, -0.2) is 0 Å². The summed E-state index contributed by atoms with van der Waals surface area (Å²) in [5, 5.41) is 8.21. The normalized spacial score (nSPS) is 24.2. The molecule has 1 aromatic rings. The van der Waals surface area contributed by atoms with Crippen molar-refractivity contribution in [2.75, 3.05) is 19.6 Å². The maximum Gasteiger partial charge on any atom is 0.0641 e. The van der Waals surface area contributed by atoms with Gasteiger partial charge in [0.15, 0.2) is 0 Å². The van der Waals surface area contributed by atoms with Gasteiger partial charge in [-0.1, -0.05) is 0 Å². The lowest BCUT2D eigenvalue weighted by atomic mass is 9.88. The largest absolute Gasteiger partial charge is 0.314 e. The molecule has 2 aliphatic rings. The molecule has 2 fully saturated rings. The van der Waals surface area contributed by atoms with Gasteiger partial charge >= 0.3 is 0 Å². The molecule has 2 saturated heterocycles. The Hall–Kier alpha value is -0.580. The summed E-state index contributed by atoms with van der Waals surface area (Å²) < 4.78 is 2.01. The number of piperidine rings is 1. The summed E-state index contributed by atoms with van der Waals surface area (Å²) in [7, 11) is 2.05. The van der Waals surface area contributed by atoms with Gasteiger partial charge in [0.05, 0.1) is 5.69 Å². The summed E-state index contributed by atoms with van der Waals surface area (Å²) in [6.07, 6.45) is 5.48. The molecule has 0 spiro atoms. The number of nitrogens with zero attached hydrogens (tertiary/aromatic N) is 3. The Bertz CT molecular complexity index is 457. The monoisotopic (exact) mass is 312 g/mol. The fourth-order valence-electron chi connectivity index (χ4n) is 3.90. The van der Waals surface area contributed by atoms with Crippen LogP contribution in [0.4, 0.5) is 0 Å². The highest BCUT2D eigenvalue weighted by atomic mass is 35.5. The van der Waals surface area contributed by atoms with Gasteiger partial charge in [0.25, 0.3) is 0 Å². The minimum atomic E-state index is 0. The SMILES string of the molecule is Cc1nn(C)c(C)c1CN1CCC(C2CCCN2)CC1.Cl. The van der Waals surface area contributed by atoms with Crippen LogP contribution in [0.3, 0.4) is 0 Å². The highest BCUT2D eigenvalue weighted by Crippen LogP contribution is 2.27. The third-order valence-corrected chi connectivity index (χ3v) is 5.34. The van der Waals surface area contributed by atoms with Crippen LogP contribution in [0.5, 0.6) is 0 Å². The van der Waals surface area contributed by atoms with E-state index in [1.54, 1.807) is 0 Å². The highest BCUT2D eigenvalue weighted by molar-refractivity contribution is 5.85. The van der Waals surface area contributed by atoms with Gasteiger partial charge in [0.1, 0.15) is 0 Å². The lowest BCUT2D eigenvalue weighted by molar-refractivity contribution is 0.157. The Morgan fingerprint density at radius 1 is 1.19 bits per heavy atom. The van der Waals surface area contributed by atoms with E-state index in [0.717, 1.165) is 18.5 Å². The van der Waals surface area contributed by atoms with E-state index >= 15 is 0 Å². The molecule has 21 heavy (non-hydrogen) atoms. The molecule has 0 amide bonds. The van der Waals surface area contributed by atoms with Crippen LogP contribution in [-0.2, 0) is 13.6 Å². The van der Waals surface area contributed by atoms with E-state index in [4.69, 9.17) is 0 Å². The van der Waals surface area contributed by atoms with Crippen LogP contribution in [0.15, 0.2) is 0 Å². The molecule has 1 atom stereocenters. The van der Waals surface area contributed by atoms with E-state index in [1.165, 1.54) is 62.3 Å². The summed E-state index contributed by atoms with van der Waals surface area (Å²) in [6, 6.07) is 0.805. The smallest absolute Gasteiger partial charge is 0.0641 e. The third kappa shape index (κ3) is 3.61. The van der Waals surface area contributed by atoms with E-state index in [0.29, 0.717) is 0 Å². The van der Waals surface area contributed by atoms with Crippen molar-refractivity contribution in [1.82, 2.24) is 20.0 Å². The third-order valence-electron chi connectivity index (χ3n) is 5.34. The van der Waals surface area contributed by atoms with Gasteiger partial charge in [-0.05, 0) is 65.1 Å². The molecule has 1 N–H and O–H groups in total. The van der Waals surface area contributed by atoms with Crippen LogP contribution in [0.25, 0.3) is 0 Å². The van der Waals surface area contributed by atoms with Crippen molar-refractivity contribution in [1.29, 1.82) is 0 Å². The summed E-state index contributed by atoms with van der Waals surface area (Å²) in [5.74, 6) is 0.907. The fraction of sp³-hybridized carbons (Fsp3) is 0.812. The zero-order valence-corrected chi connectivity index (χ0v) is 14.4. The zero-order chi connectivity index (χ0) is 14.1. The van der Waals surface area contributed by atoms with Gasteiger partial charge in [-0.15, -0.1) is 12.4 Å². The minimum absolute atomic E-state index is 0. The topological polar surface area (TPSA) is 33.1 Å². The molecule has 3 rings (SSSR count). The lowest BCUT2D eigenvalue weighted by Gasteiger charge is -2.35. The quantitative estimate of drug-likeness (QED) is 0.930.